The maximum atomic E-state index is 11.4. The van der Waals surface area contributed by atoms with Crippen molar-refractivity contribution in [3.05, 3.63) is 11.9 Å². The number of hydrogen-bond donors (Lipinski definition) is 2. The van der Waals surface area contributed by atoms with Crippen LogP contribution in [0.1, 0.15) is 42.2 Å². The Labute approximate surface area is 110 Å². The maximum absolute atomic E-state index is 11.4. The van der Waals surface area contributed by atoms with Gasteiger partial charge in [-0.1, -0.05) is 0 Å². The summed E-state index contributed by atoms with van der Waals surface area (Å²) >= 11 is 0. The van der Waals surface area contributed by atoms with Gasteiger partial charge < -0.3 is 16.2 Å². The smallest absolute Gasteiger partial charge is 0.308 e. The summed E-state index contributed by atoms with van der Waals surface area (Å²) in [5.41, 5.74) is 11.3. The fourth-order valence-electron chi connectivity index (χ4n) is 2.53. The van der Waals surface area contributed by atoms with Crippen LogP contribution in [0.25, 0.3) is 0 Å². The zero-order chi connectivity index (χ0) is 14.0. The van der Waals surface area contributed by atoms with E-state index in [4.69, 9.17) is 16.2 Å². The van der Waals surface area contributed by atoms with Crippen molar-refractivity contribution in [1.82, 2.24) is 9.78 Å². The Hall–Kier alpha value is -2.05. The molecule has 0 unspecified atom stereocenters. The number of carbonyl (C=O) groups is 2. The number of nitrogens with zero attached hydrogens (tertiary/aromatic N) is 2. The summed E-state index contributed by atoms with van der Waals surface area (Å²) < 4.78 is 6.43. The molecule has 1 amide bonds. The van der Waals surface area contributed by atoms with E-state index in [-0.39, 0.29) is 23.6 Å². The van der Waals surface area contributed by atoms with Gasteiger partial charge in [0.2, 0.25) is 0 Å². The minimum absolute atomic E-state index is 0.0372. The zero-order valence-corrected chi connectivity index (χ0v) is 10.8. The van der Waals surface area contributed by atoms with E-state index in [0.29, 0.717) is 5.69 Å². The summed E-state index contributed by atoms with van der Waals surface area (Å²) in [5.74, 6) is -0.819. The molecular weight excluding hydrogens is 248 g/mol. The molecule has 0 spiro atoms. The number of amides is 1. The van der Waals surface area contributed by atoms with Crippen LogP contribution in [-0.2, 0) is 9.53 Å². The molecule has 2 rings (SSSR count). The summed E-state index contributed by atoms with van der Waals surface area (Å²) in [5, 5.41) is 4.12. The average molecular weight is 266 g/mol. The molecular formula is C12H18N4O3. The second-order valence-electron chi connectivity index (χ2n) is 4.81. The lowest BCUT2D eigenvalue weighted by atomic mass is 9.86. The molecule has 1 saturated carbocycles. The Morgan fingerprint density at radius 2 is 2.00 bits per heavy atom. The normalized spacial score (nSPS) is 23.0. The number of esters is 1. The first kappa shape index (κ1) is 13.4. The molecule has 1 aromatic rings. The van der Waals surface area contributed by atoms with Crippen LogP contribution in [0.15, 0.2) is 6.20 Å². The minimum Gasteiger partial charge on any atom is -0.469 e. The summed E-state index contributed by atoms with van der Waals surface area (Å²) in [6.07, 6.45) is 4.74. The molecule has 0 atom stereocenters. The van der Waals surface area contributed by atoms with Crippen LogP contribution in [-0.4, -0.2) is 28.8 Å². The van der Waals surface area contributed by atoms with Crippen molar-refractivity contribution < 1.29 is 14.3 Å². The Morgan fingerprint density at radius 3 is 2.47 bits per heavy atom. The third-order valence-corrected chi connectivity index (χ3v) is 3.60. The first-order chi connectivity index (χ1) is 9.02. The van der Waals surface area contributed by atoms with Crippen molar-refractivity contribution in [2.24, 2.45) is 11.7 Å². The third-order valence-electron chi connectivity index (χ3n) is 3.60. The second kappa shape index (κ2) is 5.29. The first-order valence-electron chi connectivity index (χ1n) is 6.25. The van der Waals surface area contributed by atoms with Gasteiger partial charge in [0.15, 0.2) is 5.69 Å². The summed E-state index contributed by atoms with van der Waals surface area (Å²) in [7, 11) is 1.40. The molecule has 4 N–H and O–H groups in total. The molecule has 1 aromatic heterocycles. The predicted octanol–water partition coefficient (Wildman–Crippen LogP) is 0.468. The molecule has 0 bridgehead atoms. The fraction of sp³-hybridized carbons (Fsp3) is 0.583. The van der Waals surface area contributed by atoms with Crippen LogP contribution >= 0.6 is 0 Å². The first-order valence-corrected chi connectivity index (χ1v) is 6.25. The predicted molar refractivity (Wildman–Crippen MR) is 68.2 cm³/mol. The van der Waals surface area contributed by atoms with E-state index in [0.717, 1.165) is 25.7 Å². The molecule has 1 aliphatic carbocycles. The number of aromatic nitrogens is 2. The molecule has 1 fully saturated rings. The van der Waals surface area contributed by atoms with E-state index in [9.17, 15) is 9.59 Å². The molecule has 19 heavy (non-hydrogen) atoms. The number of rotatable bonds is 3. The lowest BCUT2D eigenvalue weighted by Crippen LogP contribution is -2.25. The maximum Gasteiger partial charge on any atom is 0.308 e. The minimum atomic E-state index is -0.625. The van der Waals surface area contributed by atoms with Crippen LogP contribution in [0.2, 0.25) is 0 Å². The number of hydrogen-bond acceptors (Lipinski definition) is 5. The van der Waals surface area contributed by atoms with Crippen LogP contribution in [0.3, 0.4) is 0 Å². The Morgan fingerprint density at radius 1 is 1.37 bits per heavy atom. The van der Waals surface area contributed by atoms with Crippen LogP contribution in [0.4, 0.5) is 5.69 Å². The van der Waals surface area contributed by atoms with Crippen LogP contribution in [0.5, 0.6) is 0 Å². The van der Waals surface area contributed by atoms with Crippen molar-refractivity contribution in [3.63, 3.8) is 0 Å². The Kier molecular flexibility index (Phi) is 3.73. The average Bonchev–Trinajstić information content (AvgIpc) is 2.80. The number of nitrogen functional groups attached to an aromatic ring is 1. The number of nitrogens with two attached hydrogens (primary N) is 2. The van der Waals surface area contributed by atoms with E-state index in [1.54, 1.807) is 10.9 Å². The molecule has 1 aliphatic rings. The fourth-order valence-corrected chi connectivity index (χ4v) is 2.53. The Bertz CT molecular complexity index is 489. The van der Waals surface area contributed by atoms with E-state index in [2.05, 4.69) is 5.10 Å². The van der Waals surface area contributed by atoms with E-state index in [1.807, 2.05) is 0 Å². The summed E-state index contributed by atoms with van der Waals surface area (Å²) in [6.45, 7) is 0. The SMILES string of the molecule is COC(=O)C1CCC(n2cc(N)c(C(N)=O)n2)CC1. The molecule has 0 aromatic carbocycles. The van der Waals surface area contributed by atoms with Gasteiger partial charge in [-0.3, -0.25) is 14.3 Å². The van der Waals surface area contributed by atoms with Crippen LogP contribution in [0, 0.1) is 5.92 Å². The molecule has 0 aliphatic heterocycles. The molecule has 104 valence electrons. The van der Waals surface area contributed by atoms with E-state index >= 15 is 0 Å². The number of primary amides is 1. The third kappa shape index (κ3) is 2.69. The van der Waals surface area contributed by atoms with Crippen molar-refractivity contribution in [3.8, 4) is 0 Å². The lowest BCUT2D eigenvalue weighted by molar-refractivity contribution is -0.146. The Balaban J connectivity index is 2.04. The quantitative estimate of drug-likeness (QED) is 0.772. The molecule has 7 heteroatoms. The number of anilines is 1. The van der Waals surface area contributed by atoms with E-state index < -0.39 is 5.91 Å². The van der Waals surface area contributed by atoms with Gasteiger partial charge in [-0.05, 0) is 25.7 Å². The molecule has 7 nitrogen and oxygen atoms in total. The number of methoxy groups -OCH3 is 1. The molecule has 0 saturated heterocycles. The highest BCUT2D eigenvalue weighted by atomic mass is 16.5. The van der Waals surface area contributed by atoms with Gasteiger partial charge in [-0.2, -0.15) is 5.10 Å². The van der Waals surface area contributed by atoms with Gasteiger partial charge in [0.1, 0.15) is 0 Å². The molecule has 0 radical (unpaired) electrons. The topological polar surface area (TPSA) is 113 Å². The van der Waals surface area contributed by atoms with Crippen molar-refractivity contribution >= 4 is 17.6 Å². The highest BCUT2D eigenvalue weighted by molar-refractivity contribution is 5.95. The summed E-state index contributed by atoms with van der Waals surface area (Å²) in [6, 6.07) is 0.149. The van der Waals surface area contributed by atoms with Gasteiger partial charge in [-0.15, -0.1) is 0 Å². The number of carbonyl (C=O) groups excluding carboxylic acids is 2. The van der Waals surface area contributed by atoms with Gasteiger partial charge in [-0.25, -0.2) is 0 Å². The number of ether oxygens (including phenoxy) is 1. The zero-order valence-electron chi connectivity index (χ0n) is 10.8. The summed E-state index contributed by atoms with van der Waals surface area (Å²) in [4.78, 5) is 22.5. The van der Waals surface area contributed by atoms with Crippen molar-refractivity contribution in [2.45, 2.75) is 31.7 Å². The highest BCUT2D eigenvalue weighted by Crippen LogP contribution is 2.33. The monoisotopic (exact) mass is 266 g/mol. The van der Waals surface area contributed by atoms with Gasteiger partial charge >= 0.3 is 5.97 Å². The molecule has 1 heterocycles. The second-order valence-corrected chi connectivity index (χ2v) is 4.81. The van der Waals surface area contributed by atoms with Crippen LogP contribution < -0.4 is 11.5 Å². The van der Waals surface area contributed by atoms with Gasteiger partial charge in [0.05, 0.1) is 24.8 Å². The van der Waals surface area contributed by atoms with Gasteiger partial charge in [0.25, 0.3) is 5.91 Å². The highest BCUT2D eigenvalue weighted by Gasteiger charge is 2.28. The lowest BCUT2D eigenvalue weighted by Gasteiger charge is -2.26. The standard InChI is InChI=1S/C12H18N4O3/c1-19-12(18)7-2-4-8(5-3-7)16-6-9(13)10(15-16)11(14)17/h6-8H,2-5,13H2,1H3,(H2,14,17). The van der Waals surface area contributed by atoms with E-state index in [1.165, 1.54) is 7.11 Å². The van der Waals surface area contributed by atoms with Gasteiger partial charge in [0, 0.05) is 6.20 Å². The largest absolute Gasteiger partial charge is 0.469 e. The van der Waals surface area contributed by atoms with Crippen molar-refractivity contribution in [2.75, 3.05) is 12.8 Å². The van der Waals surface area contributed by atoms with Crippen molar-refractivity contribution in [1.29, 1.82) is 0 Å².